The Morgan fingerprint density at radius 1 is 1.00 bits per heavy atom. The number of halogens is 1. The Hall–Kier alpha value is -2.60. The Kier molecular flexibility index (Phi) is 4.87. The summed E-state index contributed by atoms with van der Waals surface area (Å²) in [6.07, 6.45) is 2.00. The van der Waals surface area contributed by atoms with Gasteiger partial charge in [-0.3, -0.25) is 9.20 Å². The van der Waals surface area contributed by atoms with Gasteiger partial charge in [-0.15, -0.1) is 23.1 Å². The van der Waals surface area contributed by atoms with Crippen LogP contribution in [0, 0.1) is 0 Å². The fourth-order valence-electron chi connectivity index (χ4n) is 3.24. The van der Waals surface area contributed by atoms with E-state index in [9.17, 15) is 4.79 Å². The third-order valence-corrected chi connectivity index (χ3v) is 7.41. The zero-order valence-electron chi connectivity index (χ0n) is 15.2. The maximum atomic E-state index is 13.2. The van der Waals surface area contributed by atoms with E-state index in [2.05, 4.69) is 4.40 Å². The molecule has 0 atom stereocenters. The molecule has 5 aromatic rings. The SMILES string of the molecule is O=C(c1ccccc1)c1sc(SCc2ccc(Cl)cc2)c2c1nc1ccccn12. The van der Waals surface area contributed by atoms with Gasteiger partial charge in [-0.2, -0.15) is 0 Å². The Morgan fingerprint density at radius 2 is 1.76 bits per heavy atom. The molecule has 0 bridgehead atoms. The predicted molar refractivity (Wildman–Crippen MR) is 121 cm³/mol. The minimum atomic E-state index is 0.0161. The zero-order valence-corrected chi connectivity index (χ0v) is 17.6. The Morgan fingerprint density at radius 3 is 2.55 bits per heavy atom. The van der Waals surface area contributed by atoms with Crippen LogP contribution in [-0.4, -0.2) is 15.2 Å². The minimum absolute atomic E-state index is 0.0161. The molecule has 0 amide bonds. The van der Waals surface area contributed by atoms with E-state index in [1.54, 1.807) is 11.8 Å². The summed E-state index contributed by atoms with van der Waals surface area (Å²) in [5.74, 6) is 0.814. The second kappa shape index (κ2) is 7.67. The number of hydrogen-bond acceptors (Lipinski definition) is 4. The summed E-state index contributed by atoms with van der Waals surface area (Å²) in [5, 5.41) is 0.731. The van der Waals surface area contributed by atoms with Gasteiger partial charge in [0.15, 0.2) is 0 Å². The first-order chi connectivity index (χ1) is 14.2. The number of ketones is 1. The van der Waals surface area contributed by atoms with Crippen LogP contribution in [0.3, 0.4) is 0 Å². The number of fused-ring (bicyclic) bond motifs is 3. The molecule has 0 saturated heterocycles. The van der Waals surface area contributed by atoms with E-state index in [-0.39, 0.29) is 5.78 Å². The van der Waals surface area contributed by atoms with Gasteiger partial charge in [0.1, 0.15) is 16.0 Å². The highest BCUT2D eigenvalue weighted by atomic mass is 35.5. The van der Waals surface area contributed by atoms with Gasteiger partial charge in [0.25, 0.3) is 0 Å². The van der Waals surface area contributed by atoms with Gasteiger partial charge in [-0.1, -0.05) is 60.1 Å². The van der Waals surface area contributed by atoms with Crippen molar-refractivity contribution in [3.8, 4) is 0 Å². The summed E-state index contributed by atoms with van der Waals surface area (Å²) in [5.41, 5.74) is 4.49. The summed E-state index contributed by atoms with van der Waals surface area (Å²) in [6.45, 7) is 0. The fourth-order valence-corrected chi connectivity index (χ4v) is 5.78. The molecule has 0 aliphatic carbocycles. The Balaban J connectivity index is 1.61. The van der Waals surface area contributed by atoms with Crippen LogP contribution in [0.1, 0.15) is 20.8 Å². The van der Waals surface area contributed by atoms with E-state index in [1.807, 2.05) is 79.0 Å². The van der Waals surface area contributed by atoms with Crippen LogP contribution >= 0.6 is 34.7 Å². The number of aromatic nitrogens is 2. The lowest BCUT2D eigenvalue weighted by atomic mass is 10.1. The van der Waals surface area contributed by atoms with E-state index in [0.29, 0.717) is 10.4 Å². The van der Waals surface area contributed by atoms with E-state index in [4.69, 9.17) is 16.6 Å². The summed E-state index contributed by atoms with van der Waals surface area (Å²) in [7, 11) is 0. The monoisotopic (exact) mass is 434 g/mol. The molecule has 0 aliphatic rings. The van der Waals surface area contributed by atoms with Gasteiger partial charge in [-0.05, 0) is 29.8 Å². The number of rotatable bonds is 5. The Labute approximate surface area is 181 Å². The molecule has 0 N–H and O–H groups in total. The van der Waals surface area contributed by atoms with Crippen LogP contribution in [0.25, 0.3) is 16.7 Å². The summed E-state index contributed by atoms with van der Waals surface area (Å²) >= 11 is 9.25. The molecule has 0 fully saturated rings. The topological polar surface area (TPSA) is 34.4 Å². The smallest absolute Gasteiger partial charge is 0.205 e. The molecule has 0 radical (unpaired) electrons. The molecule has 0 unspecified atom stereocenters. The number of carbonyl (C=O) groups is 1. The Bertz CT molecular complexity index is 1320. The standard InChI is InChI=1S/C23H15ClN2OS2/c24-17-11-9-15(10-12-17)14-28-23-20-19(25-18-8-4-5-13-26(18)20)22(29-23)21(27)16-6-2-1-3-7-16/h1-13H,14H2. The van der Waals surface area contributed by atoms with Gasteiger partial charge >= 0.3 is 0 Å². The van der Waals surface area contributed by atoms with Crippen molar-refractivity contribution in [2.45, 2.75) is 9.96 Å². The van der Waals surface area contributed by atoms with Crippen molar-refractivity contribution >= 4 is 57.2 Å². The first-order valence-electron chi connectivity index (χ1n) is 9.07. The number of imidazole rings is 1. The van der Waals surface area contributed by atoms with Gasteiger partial charge in [0.05, 0.1) is 9.73 Å². The average molecular weight is 435 g/mol. The lowest BCUT2D eigenvalue weighted by Crippen LogP contribution is -1.98. The highest BCUT2D eigenvalue weighted by Crippen LogP contribution is 2.40. The van der Waals surface area contributed by atoms with Crippen molar-refractivity contribution in [2.75, 3.05) is 0 Å². The number of nitrogens with zero attached hydrogens (tertiary/aromatic N) is 2. The van der Waals surface area contributed by atoms with Crippen molar-refractivity contribution in [2.24, 2.45) is 0 Å². The largest absolute Gasteiger partial charge is 0.298 e. The summed E-state index contributed by atoms with van der Waals surface area (Å²) in [4.78, 5) is 18.7. The molecular weight excluding hydrogens is 420 g/mol. The normalized spacial score (nSPS) is 11.3. The van der Waals surface area contributed by atoms with Crippen molar-refractivity contribution in [1.29, 1.82) is 0 Å². The maximum absolute atomic E-state index is 13.2. The summed E-state index contributed by atoms with van der Waals surface area (Å²) in [6, 6.07) is 23.2. The van der Waals surface area contributed by atoms with Gasteiger partial charge < -0.3 is 0 Å². The molecule has 5 rings (SSSR count). The van der Waals surface area contributed by atoms with E-state index >= 15 is 0 Å². The molecule has 0 saturated carbocycles. The maximum Gasteiger partial charge on any atom is 0.205 e. The fraction of sp³-hybridized carbons (Fsp3) is 0.0435. The third kappa shape index (κ3) is 3.46. The van der Waals surface area contributed by atoms with Crippen LogP contribution in [0.15, 0.2) is 83.2 Å². The highest BCUT2D eigenvalue weighted by molar-refractivity contribution is 8.00. The van der Waals surface area contributed by atoms with Crippen LogP contribution in [0.2, 0.25) is 5.02 Å². The number of carbonyl (C=O) groups excluding carboxylic acids is 1. The molecule has 3 aromatic heterocycles. The van der Waals surface area contributed by atoms with E-state index in [1.165, 1.54) is 16.9 Å². The predicted octanol–water partition coefficient (Wildman–Crippen LogP) is 6.73. The lowest BCUT2D eigenvalue weighted by Gasteiger charge is -2.02. The first-order valence-corrected chi connectivity index (χ1v) is 11.3. The van der Waals surface area contributed by atoms with Crippen molar-refractivity contribution < 1.29 is 4.79 Å². The highest BCUT2D eigenvalue weighted by Gasteiger charge is 2.23. The number of hydrogen-bond donors (Lipinski definition) is 0. The van der Waals surface area contributed by atoms with Gasteiger partial charge in [0.2, 0.25) is 5.78 Å². The lowest BCUT2D eigenvalue weighted by molar-refractivity contribution is 0.104. The molecule has 0 aliphatic heterocycles. The molecule has 3 heterocycles. The van der Waals surface area contributed by atoms with Gasteiger partial charge in [-0.25, -0.2) is 4.98 Å². The second-order valence-corrected chi connectivity index (χ2v) is 9.27. The average Bonchev–Trinajstić information content (AvgIpc) is 3.31. The zero-order chi connectivity index (χ0) is 19.8. The van der Waals surface area contributed by atoms with Gasteiger partial charge in [0, 0.05) is 22.5 Å². The van der Waals surface area contributed by atoms with Crippen molar-refractivity contribution in [3.63, 3.8) is 0 Å². The minimum Gasteiger partial charge on any atom is -0.298 e. The third-order valence-electron chi connectivity index (χ3n) is 4.66. The number of pyridine rings is 1. The molecular formula is C23H15ClN2OS2. The molecule has 3 nitrogen and oxygen atoms in total. The van der Waals surface area contributed by atoms with E-state index in [0.717, 1.165) is 31.7 Å². The van der Waals surface area contributed by atoms with E-state index < -0.39 is 0 Å². The first kappa shape index (κ1) is 18.4. The number of benzene rings is 2. The van der Waals surface area contributed by atoms with Crippen molar-refractivity contribution in [1.82, 2.24) is 9.38 Å². The molecule has 29 heavy (non-hydrogen) atoms. The van der Waals surface area contributed by atoms with Crippen LogP contribution < -0.4 is 0 Å². The molecule has 2 aromatic carbocycles. The number of thiophene rings is 1. The van der Waals surface area contributed by atoms with Crippen LogP contribution in [0.5, 0.6) is 0 Å². The number of thioether (sulfide) groups is 1. The molecule has 6 heteroatoms. The summed E-state index contributed by atoms with van der Waals surface area (Å²) < 4.78 is 3.16. The van der Waals surface area contributed by atoms with Crippen molar-refractivity contribution in [3.05, 3.63) is 100 Å². The second-order valence-electron chi connectivity index (χ2n) is 6.57. The van der Waals surface area contributed by atoms with Crippen LogP contribution in [-0.2, 0) is 5.75 Å². The molecule has 142 valence electrons. The van der Waals surface area contributed by atoms with Crippen LogP contribution in [0.4, 0.5) is 0 Å². The molecule has 0 spiro atoms. The quantitative estimate of drug-likeness (QED) is 0.227.